The maximum absolute atomic E-state index is 13.5. The molecule has 0 radical (unpaired) electrons. The Hall–Kier alpha value is -3.57. The summed E-state index contributed by atoms with van der Waals surface area (Å²) in [6.07, 6.45) is 0.632. The summed E-state index contributed by atoms with van der Waals surface area (Å²) in [6, 6.07) is 21.7. The Morgan fingerprint density at radius 3 is 2.47 bits per heavy atom. The van der Waals surface area contributed by atoms with Gasteiger partial charge >= 0.3 is 0 Å². The Morgan fingerprint density at radius 1 is 1.00 bits per heavy atom. The van der Waals surface area contributed by atoms with Crippen LogP contribution in [-0.2, 0) is 6.42 Å². The third-order valence-electron chi connectivity index (χ3n) is 5.84. The van der Waals surface area contributed by atoms with Gasteiger partial charge in [0.1, 0.15) is 11.3 Å². The third-order valence-corrected chi connectivity index (χ3v) is 6.08. The van der Waals surface area contributed by atoms with Gasteiger partial charge in [-0.15, -0.1) is 0 Å². The van der Waals surface area contributed by atoms with Crippen molar-refractivity contribution in [1.82, 2.24) is 4.90 Å². The van der Waals surface area contributed by atoms with E-state index in [4.69, 9.17) is 20.8 Å². The lowest BCUT2D eigenvalue weighted by molar-refractivity contribution is 0.0730. The molecule has 0 unspecified atom stereocenters. The van der Waals surface area contributed by atoms with Crippen molar-refractivity contribution >= 4 is 28.5 Å². The number of carbonyl (C=O) groups is 1. The van der Waals surface area contributed by atoms with Gasteiger partial charge < -0.3 is 14.1 Å². The van der Waals surface area contributed by atoms with Crippen molar-refractivity contribution < 1.29 is 13.9 Å². The lowest BCUT2D eigenvalue weighted by Gasteiger charge is -2.25. The van der Waals surface area contributed by atoms with Crippen molar-refractivity contribution in [2.24, 2.45) is 0 Å². The highest BCUT2D eigenvalue weighted by molar-refractivity contribution is 6.31. The molecule has 6 heteroatoms. The predicted octanol–water partition coefficient (Wildman–Crippen LogP) is 5.24. The van der Waals surface area contributed by atoms with Gasteiger partial charge in [0.15, 0.2) is 5.43 Å². The molecule has 0 spiro atoms. The lowest BCUT2D eigenvalue weighted by Crippen LogP contribution is -2.31. The fourth-order valence-corrected chi connectivity index (χ4v) is 4.42. The van der Waals surface area contributed by atoms with Crippen LogP contribution in [0.4, 0.5) is 0 Å². The number of benzene rings is 3. The summed E-state index contributed by atoms with van der Waals surface area (Å²) in [5.74, 6) is 0.602. The van der Waals surface area contributed by atoms with Gasteiger partial charge in [0.2, 0.25) is 5.76 Å². The highest BCUT2D eigenvalue weighted by Crippen LogP contribution is 2.38. The van der Waals surface area contributed by atoms with Crippen LogP contribution in [0.2, 0.25) is 5.02 Å². The number of ether oxygens (including phenoxy) is 1. The van der Waals surface area contributed by atoms with Crippen molar-refractivity contribution in [2.45, 2.75) is 12.5 Å². The average Bonchev–Trinajstić information content (AvgIpc) is 3.11. The van der Waals surface area contributed by atoms with Crippen molar-refractivity contribution in [3.8, 4) is 5.75 Å². The van der Waals surface area contributed by atoms with Gasteiger partial charge in [-0.25, -0.2) is 0 Å². The van der Waals surface area contributed by atoms with Crippen LogP contribution in [0.5, 0.6) is 5.75 Å². The zero-order chi connectivity index (χ0) is 22.2. The van der Waals surface area contributed by atoms with E-state index in [1.54, 1.807) is 30.2 Å². The van der Waals surface area contributed by atoms with Gasteiger partial charge in [-0.05, 0) is 47.9 Å². The number of methoxy groups -OCH3 is 1. The van der Waals surface area contributed by atoms with Gasteiger partial charge in [0.05, 0.1) is 24.1 Å². The monoisotopic (exact) mass is 445 g/mol. The Morgan fingerprint density at radius 2 is 1.75 bits per heavy atom. The Kier molecular flexibility index (Phi) is 5.19. The van der Waals surface area contributed by atoms with E-state index in [1.807, 2.05) is 54.6 Å². The topological polar surface area (TPSA) is 59.8 Å². The molecule has 1 aromatic heterocycles. The largest absolute Gasteiger partial charge is 0.497 e. The van der Waals surface area contributed by atoms with E-state index in [-0.39, 0.29) is 17.1 Å². The molecular formula is C26H20ClNO4. The lowest BCUT2D eigenvalue weighted by atomic mass is 9.98. The fraction of sp³-hybridized carbons (Fsp3) is 0.154. The first-order chi connectivity index (χ1) is 15.6. The normalized spacial score (nSPS) is 15.2. The quantitative estimate of drug-likeness (QED) is 0.421. The summed E-state index contributed by atoms with van der Waals surface area (Å²) in [5, 5.41) is 0.823. The molecule has 0 aliphatic carbocycles. The molecule has 160 valence electrons. The number of nitrogens with zero attached hydrogens (tertiary/aromatic N) is 1. The number of carbonyl (C=O) groups excluding carboxylic acids is 1. The smallest absolute Gasteiger partial charge is 0.290 e. The summed E-state index contributed by atoms with van der Waals surface area (Å²) in [7, 11) is 1.63. The van der Waals surface area contributed by atoms with Crippen molar-refractivity contribution in [2.75, 3.05) is 13.7 Å². The van der Waals surface area contributed by atoms with Crippen molar-refractivity contribution in [3.05, 3.63) is 110 Å². The first-order valence-corrected chi connectivity index (χ1v) is 10.7. The van der Waals surface area contributed by atoms with E-state index in [9.17, 15) is 9.59 Å². The number of rotatable bonds is 5. The summed E-state index contributed by atoms with van der Waals surface area (Å²) < 4.78 is 11.2. The minimum absolute atomic E-state index is 0.105. The summed E-state index contributed by atoms with van der Waals surface area (Å²) in [4.78, 5) is 28.6. The molecule has 2 heterocycles. The zero-order valence-corrected chi connectivity index (χ0v) is 18.1. The molecule has 5 rings (SSSR count). The van der Waals surface area contributed by atoms with Crippen LogP contribution < -0.4 is 10.2 Å². The second kappa shape index (κ2) is 8.17. The highest BCUT2D eigenvalue weighted by Gasteiger charge is 2.42. The molecular weight excluding hydrogens is 426 g/mol. The first-order valence-electron chi connectivity index (χ1n) is 10.3. The maximum Gasteiger partial charge on any atom is 0.290 e. The van der Waals surface area contributed by atoms with E-state index >= 15 is 0 Å². The van der Waals surface area contributed by atoms with Gasteiger partial charge in [-0.1, -0.05) is 54.1 Å². The van der Waals surface area contributed by atoms with Crippen LogP contribution in [0.3, 0.4) is 0 Å². The van der Waals surface area contributed by atoms with Crippen LogP contribution in [-0.4, -0.2) is 24.5 Å². The molecule has 0 saturated heterocycles. The molecule has 1 aliphatic rings. The van der Waals surface area contributed by atoms with Gasteiger partial charge in [-0.2, -0.15) is 0 Å². The molecule has 1 aliphatic heterocycles. The number of amides is 1. The molecule has 1 amide bonds. The average molecular weight is 446 g/mol. The molecule has 0 bridgehead atoms. The molecule has 0 fully saturated rings. The molecule has 4 aromatic rings. The molecule has 5 nitrogen and oxygen atoms in total. The number of halogens is 1. The number of fused-ring (bicyclic) bond motifs is 2. The SMILES string of the molecule is COc1ccc(CCN2C(=O)c3oc4ccc(Cl)cc4c(=O)c3[C@H]2c2ccccc2)cc1. The predicted molar refractivity (Wildman–Crippen MR) is 124 cm³/mol. The standard InChI is InChI=1S/C26H20ClNO4/c1-31-19-10-7-16(8-11-19)13-14-28-23(17-5-3-2-4-6-17)22-24(29)20-15-18(27)9-12-21(20)32-25(22)26(28)30/h2-12,15,23H,13-14H2,1H3/t23-/m1/s1. The second-order valence-electron chi connectivity index (χ2n) is 7.72. The van der Waals surface area contributed by atoms with Gasteiger partial charge in [0, 0.05) is 11.6 Å². The molecule has 0 saturated carbocycles. The molecule has 0 N–H and O–H groups in total. The van der Waals surface area contributed by atoms with E-state index in [2.05, 4.69) is 0 Å². The number of hydrogen-bond acceptors (Lipinski definition) is 4. The molecule has 32 heavy (non-hydrogen) atoms. The second-order valence-corrected chi connectivity index (χ2v) is 8.16. The Balaban J connectivity index is 1.59. The van der Waals surface area contributed by atoms with Gasteiger partial charge in [0.25, 0.3) is 5.91 Å². The van der Waals surface area contributed by atoms with Crippen LogP contribution in [0.1, 0.15) is 33.3 Å². The molecule has 1 atom stereocenters. The van der Waals surface area contributed by atoms with Crippen LogP contribution in [0.25, 0.3) is 11.0 Å². The van der Waals surface area contributed by atoms with E-state index in [0.29, 0.717) is 34.5 Å². The zero-order valence-electron chi connectivity index (χ0n) is 17.4. The first kappa shape index (κ1) is 20.3. The highest BCUT2D eigenvalue weighted by atomic mass is 35.5. The summed E-state index contributed by atoms with van der Waals surface area (Å²) >= 11 is 6.12. The summed E-state index contributed by atoms with van der Waals surface area (Å²) in [5.41, 5.74) is 2.43. The van der Waals surface area contributed by atoms with E-state index in [0.717, 1.165) is 16.9 Å². The minimum Gasteiger partial charge on any atom is -0.497 e. The Bertz CT molecular complexity index is 1360. The van der Waals surface area contributed by atoms with Gasteiger partial charge in [-0.3, -0.25) is 9.59 Å². The number of hydrogen-bond donors (Lipinski definition) is 0. The van der Waals surface area contributed by atoms with Crippen LogP contribution >= 0.6 is 11.6 Å². The van der Waals surface area contributed by atoms with E-state index < -0.39 is 6.04 Å². The summed E-state index contributed by atoms with van der Waals surface area (Å²) in [6.45, 7) is 0.436. The minimum atomic E-state index is -0.517. The van der Waals surface area contributed by atoms with Crippen LogP contribution in [0, 0.1) is 0 Å². The van der Waals surface area contributed by atoms with E-state index in [1.165, 1.54) is 0 Å². The van der Waals surface area contributed by atoms with Crippen molar-refractivity contribution in [3.63, 3.8) is 0 Å². The van der Waals surface area contributed by atoms with Crippen LogP contribution in [0.15, 0.2) is 82.0 Å². The third kappa shape index (κ3) is 3.45. The fourth-order valence-electron chi connectivity index (χ4n) is 4.25. The molecule has 3 aromatic carbocycles. The van der Waals surface area contributed by atoms with Crippen molar-refractivity contribution in [1.29, 1.82) is 0 Å². The Labute approximate surface area is 189 Å². The maximum atomic E-state index is 13.5.